The van der Waals surface area contributed by atoms with Gasteiger partial charge in [-0.05, 0) is 31.4 Å². The van der Waals surface area contributed by atoms with E-state index in [0.717, 1.165) is 0 Å². The molecule has 0 saturated heterocycles. The number of amides is 2. The Morgan fingerprint density at radius 1 is 1.00 bits per heavy atom. The van der Waals surface area contributed by atoms with Crippen LogP contribution in [0, 0.1) is 0 Å². The Bertz CT molecular complexity index is 790. The third-order valence-corrected chi connectivity index (χ3v) is 4.84. The fraction of sp³-hybridized carbons (Fsp3) is 0.524. The Morgan fingerprint density at radius 2 is 1.64 bits per heavy atom. The Balaban J connectivity index is 2.42. The van der Waals surface area contributed by atoms with Crippen molar-refractivity contribution in [1.29, 1.82) is 0 Å². The smallest absolute Gasteiger partial charge is 0.326 e. The number of carbonyl (C=O) groups excluding carboxylic acids is 3. The average molecular weight is 469 g/mol. The molecule has 1 aromatic rings. The van der Waals surface area contributed by atoms with Gasteiger partial charge >= 0.3 is 5.97 Å². The van der Waals surface area contributed by atoms with E-state index in [-0.39, 0.29) is 25.7 Å². The Labute approximate surface area is 190 Å². The molecule has 0 saturated carbocycles. The van der Waals surface area contributed by atoms with Gasteiger partial charge in [0.2, 0.25) is 5.91 Å². The molecular weight excluding hydrogens is 438 g/mol. The lowest BCUT2D eigenvalue weighted by molar-refractivity contribution is -0.142. The summed E-state index contributed by atoms with van der Waals surface area (Å²) < 4.78 is 0. The number of ketones is 1. The SMILES string of the molecule is NC(CCC[C@H](NC(=O)CNC(=O)c1ccccc1)C(=O)O)CC(=O)[C@@H](O)[C@H](O)[C@H](O)CO. The topological polar surface area (TPSA) is 220 Å². The van der Waals surface area contributed by atoms with Gasteiger partial charge in [-0.3, -0.25) is 14.4 Å². The normalized spacial score (nSPS) is 15.5. The number of carboxylic acids is 1. The highest BCUT2D eigenvalue weighted by atomic mass is 16.4. The van der Waals surface area contributed by atoms with Gasteiger partial charge in [0.15, 0.2) is 5.78 Å². The van der Waals surface area contributed by atoms with E-state index >= 15 is 0 Å². The minimum absolute atomic E-state index is 0.00397. The van der Waals surface area contributed by atoms with Gasteiger partial charge in [-0.25, -0.2) is 4.79 Å². The van der Waals surface area contributed by atoms with Crippen LogP contribution in [0.15, 0.2) is 30.3 Å². The first kappa shape index (κ1) is 28.1. The lowest BCUT2D eigenvalue weighted by Crippen LogP contribution is -2.46. The molecule has 9 N–H and O–H groups in total. The highest BCUT2D eigenvalue weighted by Crippen LogP contribution is 2.10. The van der Waals surface area contributed by atoms with Crippen molar-refractivity contribution in [3.8, 4) is 0 Å². The van der Waals surface area contributed by atoms with Gasteiger partial charge in [0.1, 0.15) is 24.4 Å². The molecule has 2 amide bonds. The monoisotopic (exact) mass is 469 g/mol. The van der Waals surface area contributed by atoms with Crippen LogP contribution in [0.25, 0.3) is 0 Å². The van der Waals surface area contributed by atoms with Crippen LogP contribution in [-0.2, 0) is 14.4 Å². The molecule has 1 unspecified atom stereocenters. The summed E-state index contributed by atoms with van der Waals surface area (Å²) in [5, 5.41) is 51.3. The molecule has 0 fully saturated rings. The molecule has 0 heterocycles. The summed E-state index contributed by atoms with van der Waals surface area (Å²) in [7, 11) is 0. The molecular formula is C21H31N3O9. The molecule has 0 aromatic heterocycles. The number of nitrogens with one attached hydrogen (secondary N) is 2. The van der Waals surface area contributed by atoms with Crippen LogP contribution in [0.3, 0.4) is 0 Å². The van der Waals surface area contributed by atoms with E-state index in [1.165, 1.54) is 0 Å². The van der Waals surface area contributed by atoms with E-state index in [1.54, 1.807) is 30.3 Å². The third-order valence-electron chi connectivity index (χ3n) is 4.84. The Morgan fingerprint density at radius 3 is 2.21 bits per heavy atom. The van der Waals surface area contributed by atoms with Gasteiger partial charge in [-0.2, -0.15) is 0 Å². The number of aliphatic hydroxyl groups is 4. The molecule has 0 spiro atoms. The molecule has 0 aliphatic heterocycles. The molecule has 12 heteroatoms. The number of hydrogen-bond acceptors (Lipinski definition) is 9. The van der Waals surface area contributed by atoms with Crippen molar-refractivity contribution in [2.45, 2.75) is 56.1 Å². The van der Waals surface area contributed by atoms with Crippen LogP contribution in [0.4, 0.5) is 0 Å². The lowest BCUT2D eigenvalue weighted by atomic mass is 9.96. The van der Waals surface area contributed by atoms with Crippen LogP contribution in [0.5, 0.6) is 0 Å². The number of rotatable bonds is 15. The number of nitrogens with two attached hydrogens (primary N) is 1. The molecule has 0 radical (unpaired) electrons. The van der Waals surface area contributed by atoms with Crippen molar-refractivity contribution in [2.24, 2.45) is 5.73 Å². The summed E-state index contributed by atoms with van der Waals surface area (Å²) in [4.78, 5) is 47.3. The Hall–Kier alpha value is -2.90. The zero-order valence-corrected chi connectivity index (χ0v) is 18.0. The van der Waals surface area contributed by atoms with Crippen molar-refractivity contribution in [3.63, 3.8) is 0 Å². The number of carboxylic acid groups (broad SMARTS) is 1. The van der Waals surface area contributed by atoms with Gasteiger partial charge in [0.05, 0.1) is 13.2 Å². The summed E-state index contributed by atoms with van der Waals surface area (Å²) in [6, 6.07) is 6.19. The quantitative estimate of drug-likeness (QED) is 0.135. The Kier molecular flexibility index (Phi) is 12.2. The highest BCUT2D eigenvalue weighted by Gasteiger charge is 2.30. The third kappa shape index (κ3) is 10.1. The van der Waals surface area contributed by atoms with Crippen molar-refractivity contribution in [3.05, 3.63) is 35.9 Å². The molecule has 1 aromatic carbocycles. The number of benzene rings is 1. The van der Waals surface area contributed by atoms with E-state index in [0.29, 0.717) is 5.56 Å². The van der Waals surface area contributed by atoms with Crippen LogP contribution in [0.2, 0.25) is 0 Å². The van der Waals surface area contributed by atoms with Crippen molar-refractivity contribution < 1.29 is 44.7 Å². The summed E-state index contributed by atoms with van der Waals surface area (Å²) in [6.07, 6.45) is -5.39. The van der Waals surface area contributed by atoms with Gasteiger partial charge in [0.25, 0.3) is 5.91 Å². The number of carbonyl (C=O) groups is 4. The van der Waals surface area contributed by atoms with Crippen LogP contribution >= 0.6 is 0 Å². The summed E-state index contributed by atoms with van der Waals surface area (Å²) >= 11 is 0. The van der Waals surface area contributed by atoms with E-state index in [1.807, 2.05) is 0 Å². The average Bonchev–Trinajstić information content (AvgIpc) is 2.80. The molecule has 12 nitrogen and oxygen atoms in total. The second-order valence-corrected chi connectivity index (χ2v) is 7.55. The molecule has 0 bridgehead atoms. The first-order chi connectivity index (χ1) is 15.6. The zero-order valence-electron chi connectivity index (χ0n) is 18.0. The van der Waals surface area contributed by atoms with Crippen LogP contribution in [-0.4, -0.2) is 92.6 Å². The predicted octanol–water partition coefficient (Wildman–Crippen LogP) is -2.48. The predicted molar refractivity (Wildman–Crippen MR) is 115 cm³/mol. The highest BCUT2D eigenvalue weighted by molar-refractivity contribution is 5.96. The van der Waals surface area contributed by atoms with E-state index in [9.17, 15) is 39.6 Å². The molecule has 5 atom stereocenters. The van der Waals surface area contributed by atoms with Gasteiger partial charge in [0, 0.05) is 18.0 Å². The summed E-state index contributed by atoms with van der Waals surface area (Å²) in [5.74, 6) is -3.28. The largest absolute Gasteiger partial charge is 0.480 e. The molecule has 0 aliphatic carbocycles. The van der Waals surface area contributed by atoms with E-state index in [2.05, 4.69) is 10.6 Å². The van der Waals surface area contributed by atoms with Gasteiger partial charge < -0.3 is 41.9 Å². The van der Waals surface area contributed by atoms with Crippen molar-refractivity contribution in [2.75, 3.05) is 13.2 Å². The fourth-order valence-corrected chi connectivity index (χ4v) is 2.93. The minimum atomic E-state index is -1.92. The number of Topliss-reactive ketones (excluding diaryl/α,β-unsaturated/α-hetero) is 1. The van der Waals surface area contributed by atoms with Gasteiger partial charge in [-0.1, -0.05) is 18.2 Å². The molecule has 33 heavy (non-hydrogen) atoms. The lowest BCUT2D eigenvalue weighted by Gasteiger charge is -2.22. The fourth-order valence-electron chi connectivity index (χ4n) is 2.93. The molecule has 0 aliphatic rings. The first-order valence-electron chi connectivity index (χ1n) is 10.4. The molecule has 184 valence electrons. The number of hydrogen-bond donors (Lipinski definition) is 8. The zero-order chi connectivity index (χ0) is 25.0. The number of aliphatic hydroxyl groups excluding tert-OH is 4. The van der Waals surface area contributed by atoms with Crippen LogP contribution in [0.1, 0.15) is 36.0 Å². The maximum Gasteiger partial charge on any atom is 0.326 e. The molecule has 1 rings (SSSR count). The second-order valence-electron chi connectivity index (χ2n) is 7.55. The minimum Gasteiger partial charge on any atom is -0.480 e. The van der Waals surface area contributed by atoms with Crippen LogP contribution < -0.4 is 16.4 Å². The van der Waals surface area contributed by atoms with Crippen molar-refractivity contribution in [1.82, 2.24) is 10.6 Å². The van der Waals surface area contributed by atoms with E-state index in [4.69, 9.17) is 10.8 Å². The number of aliphatic carboxylic acids is 1. The van der Waals surface area contributed by atoms with E-state index < -0.39 is 67.1 Å². The first-order valence-corrected chi connectivity index (χ1v) is 10.4. The standard InChI is InChI=1S/C21H31N3O9/c22-13(9-15(26)18(29)19(30)16(27)11-25)7-4-8-14(21(32)33)24-17(28)10-23-20(31)12-5-2-1-3-6-12/h1-3,5-6,13-14,16,18-19,25,27,29-30H,4,7-11,22H2,(H,23,31)(H,24,28)(H,32,33)/t13?,14-,16+,18+,19+/m0/s1. The van der Waals surface area contributed by atoms with Crippen molar-refractivity contribution >= 4 is 23.6 Å². The van der Waals surface area contributed by atoms with Gasteiger partial charge in [-0.15, -0.1) is 0 Å². The summed E-state index contributed by atoms with van der Waals surface area (Å²) in [5.41, 5.74) is 6.17. The summed E-state index contributed by atoms with van der Waals surface area (Å²) in [6.45, 7) is -1.25. The second kappa shape index (κ2) is 14.3. The maximum absolute atomic E-state index is 12.0. The maximum atomic E-state index is 12.0.